The van der Waals surface area contributed by atoms with E-state index in [4.69, 9.17) is 0 Å². The van der Waals surface area contributed by atoms with E-state index < -0.39 is 32.9 Å². The van der Waals surface area contributed by atoms with E-state index in [1.54, 1.807) is 30.3 Å². The summed E-state index contributed by atoms with van der Waals surface area (Å²) in [5.41, 5.74) is -3.08. The van der Waals surface area contributed by atoms with E-state index in [0.717, 1.165) is 25.7 Å². The van der Waals surface area contributed by atoms with Crippen LogP contribution in [0.5, 0.6) is 0 Å². The van der Waals surface area contributed by atoms with Crippen molar-refractivity contribution in [2.45, 2.75) is 82.4 Å². The van der Waals surface area contributed by atoms with Crippen LogP contribution in [-0.2, 0) is 9.84 Å². The van der Waals surface area contributed by atoms with Crippen molar-refractivity contribution in [1.29, 1.82) is 0 Å². The highest BCUT2D eigenvalue weighted by molar-refractivity contribution is 7.91. The molecule has 1 N–H and O–H groups in total. The minimum Gasteiger partial charge on any atom is -0.380 e. The Balaban J connectivity index is 1.38. The molecule has 4 aliphatic carbocycles. The van der Waals surface area contributed by atoms with Crippen molar-refractivity contribution >= 4 is 9.84 Å². The average molecular weight is 499 g/mol. The topological polar surface area (TPSA) is 54.4 Å². The van der Waals surface area contributed by atoms with E-state index in [1.807, 2.05) is 13.8 Å². The Labute approximate surface area is 201 Å². The van der Waals surface area contributed by atoms with Gasteiger partial charge in [-0.25, -0.2) is 8.42 Å². The number of halogens is 3. The van der Waals surface area contributed by atoms with Crippen LogP contribution in [0.1, 0.15) is 65.7 Å². The largest absolute Gasteiger partial charge is 0.417 e. The van der Waals surface area contributed by atoms with Crippen LogP contribution in [0.4, 0.5) is 13.2 Å². The third-order valence-electron chi connectivity index (χ3n) is 11.0. The first-order chi connectivity index (χ1) is 15.7. The first-order valence-electron chi connectivity index (χ1n) is 12.8. The van der Waals surface area contributed by atoms with Crippen LogP contribution in [-0.4, -0.2) is 31.1 Å². The van der Waals surface area contributed by atoms with Crippen molar-refractivity contribution in [1.82, 2.24) is 0 Å². The molecule has 0 bridgehead atoms. The zero-order valence-electron chi connectivity index (χ0n) is 20.3. The molecule has 4 saturated carbocycles. The fraction of sp³-hybridized carbons (Fsp3) is 0.778. The molecule has 1 aromatic rings. The molecule has 1 aromatic carbocycles. The number of aliphatic hydroxyl groups is 1. The summed E-state index contributed by atoms with van der Waals surface area (Å²) >= 11 is 0. The maximum atomic E-state index is 13.9. The van der Waals surface area contributed by atoms with Crippen LogP contribution in [0.3, 0.4) is 0 Å². The van der Waals surface area contributed by atoms with Gasteiger partial charge in [0, 0.05) is 5.92 Å². The van der Waals surface area contributed by atoms with E-state index in [2.05, 4.69) is 6.92 Å². The van der Waals surface area contributed by atoms with E-state index >= 15 is 0 Å². The molecule has 0 saturated heterocycles. The average Bonchev–Trinajstić information content (AvgIpc) is 3.35. The molecule has 0 aliphatic heterocycles. The maximum absolute atomic E-state index is 13.9. The van der Waals surface area contributed by atoms with E-state index in [1.165, 1.54) is 0 Å². The number of sulfone groups is 1. The number of fused-ring (bicyclic) bond motifs is 5. The third-order valence-corrected chi connectivity index (χ3v) is 13.0. The van der Waals surface area contributed by atoms with Gasteiger partial charge in [-0.1, -0.05) is 39.0 Å². The normalized spacial score (nSPS) is 45.0. The van der Waals surface area contributed by atoms with Crippen LogP contribution >= 0.6 is 0 Å². The lowest BCUT2D eigenvalue weighted by atomic mass is 9.55. The van der Waals surface area contributed by atoms with Crippen LogP contribution in [0.25, 0.3) is 0 Å². The summed E-state index contributed by atoms with van der Waals surface area (Å²) in [6, 6.07) is 8.58. The van der Waals surface area contributed by atoms with Gasteiger partial charge in [0.2, 0.25) is 0 Å². The predicted molar refractivity (Wildman–Crippen MR) is 125 cm³/mol. The quantitative estimate of drug-likeness (QED) is 0.532. The molecular formula is C27H37F3O3S. The molecule has 5 rings (SSSR count). The van der Waals surface area contributed by atoms with Crippen LogP contribution in [0, 0.1) is 46.3 Å². The number of alkyl halides is 3. The molecule has 7 heteroatoms. The van der Waals surface area contributed by atoms with Crippen molar-refractivity contribution in [2.75, 3.05) is 5.75 Å². The summed E-state index contributed by atoms with van der Waals surface area (Å²) in [7, 11) is -3.39. The first kappa shape index (κ1) is 24.6. The molecule has 9 atom stereocenters. The standard InChI is InChI=1S/C27H37F3O3S/c1-17(16-34(32,33)18-7-5-4-6-8-18)20-9-10-21-19-15-23-25(3,22(19)11-12-24(20,21)2)13-14-26(23,31)27(28,29)30/h4-8,17,19-23,31H,9-16H2,1-3H3/t17-,19+,20-,21+,22+,23?,24-,25-,26+/m1/s1. The summed E-state index contributed by atoms with van der Waals surface area (Å²) in [4.78, 5) is 0.355. The minimum absolute atomic E-state index is 0.0136. The van der Waals surface area contributed by atoms with Gasteiger partial charge < -0.3 is 5.11 Å². The zero-order chi connectivity index (χ0) is 24.7. The summed E-state index contributed by atoms with van der Waals surface area (Å²) in [6.45, 7) is 6.30. The Morgan fingerprint density at radius 2 is 1.65 bits per heavy atom. The smallest absolute Gasteiger partial charge is 0.380 e. The van der Waals surface area contributed by atoms with E-state index in [-0.39, 0.29) is 41.3 Å². The van der Waals surface area contributed by atoms with Crippen LogP contribution in [0.2, 0.25) is 0 Å². The number of hydrogen-bond donors (Lipinski definition) is 1. The van der Waals surface area contributed by atoms with Gasteiger partial charge in [-0.05, 0) is 97.5 Å². The summed E-state index contributed by atoms with van der Waals surface area (Å²) in [6.07, 6.45) is -0.190. The lowest BCUT2D eigenvalue weighted by Gasteiger charge is -2.50. The third kappa shape index (κ3) is 3.35. The molecule has 0 spiro atoms. The lowest BCUT2D eigenvalue weighted by Crippen LogP contribution is -2.50. The Bertz CT molecular complexity index is 1040. The van der Waals surface area contributed by atoms with Gasteiger partial charge in [-0.3, -0.25) is 0 Å². The molecule has 1 unspecified atom stereocenters. The fourth-order valence-corrected chi connectivity index (χ4v) is 11.2. The van der Waals surface area contributed by atoms with Crippen molar-refractivity contribution in [3.8, 4) is 0 Å². The summed E-state index contributed by atoms with van der Waals surface area (Å²) in [5.74, 6) is 0.309. The highest BCUT2D eigenvalue weighted by Gasteiger charge is 2.73. The van der Waals surface area contributed by atoms with E-state index in [0.29, 0.717) is 23.7 Å². The Morgan fingerprint density at radius 1 is 1.00 bits per heavy atom. The molecule has 0 amide bonds. The molecule has 4 fully saturated rings. The highest BCUT2D eigenvalue weighted by Crippen LogP contribution is 2.73. The zero-order valence-corrected chi connectivity index (χ0v) is 21.1. The van der Waals surface area contributed by atoms with Gasteiger partial charge in [-0.15, -0.1) is 0 Å². The van der Waals surface area contributed by atoms with E-state index in [9.17, 15) is 26.7 Å². The Hall–Kier alpha value is -1.08. The first-order valence-corrected chi connectivity index (χ1v) is 14.5. The SMILES string of the molecule is C[C@H](CS(=O)(=O)c1ccccc1)[C@H]1CC[C@H]2[C@@H]3CC4[C@](C)(CC[C@@]4(O)C(F)(F)F)[C@H]3CC[C@]12C. The van der Waals surface area contributed by atoms with Gasteiger partial charge >= 0.3 is 6.18 Å². The van der Waals surface area contributed by atoms with Crippen LogP contribution in [0.15, 0.2) is 35.2 Å². The van der Waals surface area contributed by atoms with Gasteiger partial charge in [0.1, 0.15) is 0 Å². The van der Waals surface area contributed by atoms with Crippen molar-refractivity contribution in [3.05, 3.63) is 30.3 Å². The monoisotopic (exact) mass is 498 g/mol. The van der Waals surface area contributed by atoms with Gasteiger partial charge in [0.25, 0.3) is 0 Å². The lowest BCUT2D eigenvalue weighted by molar-refractivity contribution is -0.276. The number of hydrogen-bond acceptors (Lipinski definition) is 3. The van der Waals surface area contributed by atoms with Crippen molar-refractivity contribution < 1.29 is 26.7 Å². The minimum atomic E-state index is -4.59. The maximum Gasteiger partial charge on any atom is 0.417 e. The van der Waals surface area contributed by atoms with Gasteiger partial charge in [0.15, 0.2) is 15.4 Å². The number of benzene rings is 1. The molecule has 3 nitrogen and oxygen atoms in total. The molecular weight excluding hydrogens is 461 g/mol. The van der Waals surface area contributed by atoms with Crippen molar-refractivity contribution in [3.63, 3.8) is 0 Å². The summed E-state index contributed by atoms with van der Waals surface area (Å²) < 4.78 is 67.9. The molecule has 4 aliphatic rings. The van der Waals surface area contributed by atoms with Gasteiger partial charge in [-0.2, -0.15) is 13.2 Å². The highest BCUT2D eigenvalue weighted by atomic mass is 32.2. The second-order valence-corrected chi connectivity index (χ2v) is 14.4. The molecule has 0 heterocycles. The molecule has 190 valence electrons. The Kier molecular flexibility index (Phi) is 5.58. The van der Waals surface area contributed by atoms with Gasteiger partial charge in [0.05, 0.1) is 10.6 Å². The predicted octanol–water partition coefficient (Wildman–Crippen LogP) is 6.27. The fourth-order valence-electron chi connectivity index (χ4n) is 9.47. The van der Waals surface area contributed by atoms with Crippen LogP contribution < -0.4 is 0 Å². The molecule has 34 heavy (non-hydrogen) atoms. The molecule has 0 radical (unpaired) electrons. The van der Waals surface area contributed by atoms with Crippen molar-refractivity contribution in [2.24, 2.45) is 46.3 Å². The molecule has 0 aromatic heterocycles. The summed E-state index contributed by atoms with van der Waals surface area (Å²) in [5, 5.41) is 10.8. The number of rotatable bonds is 4. The second-order valence-electron chi connectivity index (χ2n) is 12.4. The Morgan fingerprint density at radius 3 is 2.29 bits per heavy atom. The second kappa shape index (κ2) is 7.71.